The van der Waals surface area contributed by atoms with Crippen LogP contribution in [0.3, 0.4) is 0 Å². The van der Waals surface area contributed by atoms with Gasteiger partial charge in [-0.05, 0) is 24.3 Å². The highest BCUT2D eigenvalue weighted by atomic mass is 32.2. The summed E-state index contributed by atoms with van der Waals surface area (Å²) in [7, 11) is 0. The Morgan fingerprint density at radius 2 is 2.17 bits per heavy atom. The van der Waals surface area contributed by atoms with Crippen LogP contribution in [0.5, 0.6) is 0 Å². The summed E-state index contributed by atoms with van der Waals surface area (Å²) in [4.78, 5) is 19.2. The molecule has 0 unspecified atom stereocenters. The van der Waals surface area contributed by atoms with Gasteiger partial charge in [0, 0.05) is 5.92 Å². The maximum atomic E-state index is 11.9. The molecule has 1 saturated carbocycles. The Bertz CT molecular complexity index is 864. The topological polar surface area (TPSA) is 84.7 Å². The van der Waals surface area contributed by atoms with E-state index in [1.807, 2.05) is 11.4 Å². The van der Waals surface area contributed by atoms with Crippen LogP contribution in [0.2, 0.25) is 0 Å². The predicted octanol–water partition coefficient (Wildman–Crippen LogP) is 3.71. The number of hydrogen-bond donors (Lipinski definition) is 1. The first-order chi connectivity index (χ1) is 11.3. The zero-order chi connectivity index (χ0) is 15.6. The average molecular weight is 348 g/mol. The summed E-state index contributed by atoms with van der Waals surface area (Å²) < 4.78 is 6.43. The molecule has 3 aromatic heterocycles. The van der Waals surface area contributed by atoms with E-state index in [4.69, 9.17) is 4.42 Å². The number of nitrogens with one attached hydrogen (secondary N) is 1. The summed E-state index contributed by atoms with van der Waals surface area (Å²) in [6, 6.07) is 1.86. The van der Waals surface area contributed by atoms with Crippen molar-refractivity contribution in [2.75, 3.05) is 0 Å². The van der Waals surface area contributed by atoms with E-state index in [0.29, 0.717) is 27.4 Å². The van der Waals surface area contributed by atoms with Gasteiger partial charge in [0.2, 0.25) is 5.89 Å². The lowest BCUT2D eigenvalue weighted by atomic mass is 9.89. The van der Waals surface area contributed by atoms with Crippen LogP contribution < -0.4 is 5.56 Å². The molecular formula is C15H16N4O2S2. The summed E-state index contributed by atoms with van der Waals surface area (Å²) in [5.74, 6) is 2.30. The first kappa shape index (κ1) is 14.9. The van der Waals surface area contributed by atoms with Crippen LogP contribution >= 0.6 is 23.1 Å². The SMILES string of the molecule is O=c1[nH]c(CSc2nnc(C3CCCCC3)o2)nc2ccsc12. The van der Waals surface area contributed by atoms with E-state index >= 15 is 0 Å². The fourth-order valence-electron chi connectivity index (χ4n) is 2.91. The van der Waals surface area contributed by atoms with Gasteiger partial charge in [-0.1, -0.05) is 31.0 Å². The molecule has 0 radical (unpaired) electrons. The lowest BCUT2D eigenvalue weighted by Gasteiger charge is -2.17. The fourth-order valence-corrected chi connectivity index (χ4v) is 4.28. The molecule has 3 aromatic rings. The van der Waals surface area contributed by atoms with Gasteiger partial charge in [-0.15, -0.1) is 21.5 Å². The summed E-state index contributed by atoms with van der Waals surface area (Å²) in [5.41, 5.74) is 0.650. The van der Waals surface area contributed by atoms with E-state index in [0.717, 1.165) is 24.2 Å². The Morgan fingerprint density at radius 1 is 1.30 bits per heavy atom. The molecule has 0 spiro atoms. The highest BCUT2D eigenvalue weighted by Gasteiger charge is 2.21. The van der Waals surface area contributed by atoms with Gasteiger partial charge in [-0.2, -0.15) is 0 Å². The summed E-state index contributed by atoms with van der Waals surface area (Å²) in [5, 5.41) is 10.7. The zero-order valence-electron chi connectivity index (χ0n) is 12.4. The molecule has 4 rings (SSSR count). The molecule has 0 aromatic carbocycles. The van der Waals surface area contributed by atoms with Crippen molar-refractivity contribution in [3.63, 3.8) is 0 Å². The van der Waals surface area contributed by atoms with Gasteiger partial charge in [-0.3, -0.25) is 4.79 Å². The summed E-state index contributed by atoms with van der Waals surface area (Å²) in [6.07, 6.45) is 6.05. The van der Waals surface area contributed by atoms with E-state index in [-0.39, 0.29) is 5.56 Å². The molecular weight excluding hydrogens is 332 g/mol. The molecule has 6 nitrogen and oxygen atoms in total. The van der Waals surface area contributed by atoms with Crippen molar-refractivity contribution in [1.29, 1.82) is 0 Å². The number of fused-ring (bicyclic) bond motifs is 1. The van der Waals surface area contributed by atoms with E-state index in [1.165, 1.54) is 42.4 Å². The maximum absolute atomic E-state index is 11.9. The Hall–Kier alpha value is -1.67. The van der Waals surface area contributed by atoms with Crippen LogP contribution in [-0.4, -0.2) is 20.2 Å². The van der Waals surface area contributed by atoms with Crippen molar-refractivity contribution >= 4 is 33.3 Å². The van der Waals surface area contributed by atoms with Gasteiger partial charge >= 0.3 is 0 Å². The van der Waals surface area contributed by atoms with Crippen LogP contribution in [0.4, 0.5) is 0 Å². The highest BCUT2D eigenvalue weighted by molar-refractivity contribution is 7.98. The molecule has 3 heterocycles. The number of nitrogens with zero attached hydrogens (tertiary/aromatic N) is 3. The van der Waals surface area contributed by atoms with Crippen LogP contribution in [0.25, 0.3) is 10.2 Å². The zero-order valence-corrected chi connectivity index (χ0v) is 14.1. The normalized spacial score (nSPS) is 16.2. The first-order valence-electron chi connectivity index (χ1n) is 7.72. The lowest BCUT2D eigenvalue weighted by molar-refractivity contribution is 0.334. The second kappa shape index (κ2) is 6.45. The van der Waals surface area contributed by atoms with Crippen LogP contribution in [0.15, 0.2) is 25.9 Å². The minimum Gasteiger partial charge on any atom is -0.416 e. The number of thioether (sulfide) groups is 1. The quantitative estimate of drug-likeness (QED) is 0.724. The molecule has 0 bridgehead atoms. The number of thiophene rings is 1. The minimum atomic E-state index is -0.0889. The number of aromatic nitrogens is 4. The third-order valence-electron chi connectivity index (χ3n) is 4.07. The smallest absolute Gasteiger partial charge is 0.277 e. The molecule has 120 valence electrons. The Morgan fingerprint density at radius 3 is 3.04 bits per heavy atom. The second-order valence-electron chi connectivity index (χ2n) is 5.68. The number of rotatable bonds is 4. The molecule has 0 aliphatic heterocycles. The molecule has 1 aliphatic rings. The van der Waals surface area contributed by atoms with Crippen molar-refractivity contribution in [1.82, 2.24) is 20.2 Å². The molecule has 0 amide bonds. The summed E-state index contributed by atoms with van der Waals surface area (Å²) in [6.45, 7) is 0. The first-order valence-corrected chi connectivity index (χ1v) is 9.59. The van der Waals surface area contributed by atoms with Gasteiger partial charge in [-0.25, -0.2) is 4.98 Å². The highest BCUT2D eigenvalue weighted by Crippen LogP contribution is 2.33. The second-order valence-corrected chi connectivity index (χ2v) is 7.52. The fraction of sp³-hybridized carbons (Fsp3) is 0.467. The molecule has 1 fully saturated rings. The number of H-pyrrole nitrogens is 1. The Balaban J connectivity index is 1.45. The minimum absolute atomic E-state index is 0.0889. The van der Waals surface area contributed by atoms with Crippen molar-refractivity contribution in [2.45, 2.75) is 49.0 Å². The molecule has 8 heteroatoms. The molecule has 0 saturated heterocycles. The van der Waals surface area contributed by atoms with E-state index < -0.39 is 0 Å². The van der Waals surface area contributed by atoms with Gasteiger partial charge in [0.05, 0.1) is 11.3 Å². The van der Waals surface area contributed by atoms with Gasteiger partial charge in [0.25, 0.3) is 10.8 Å². The van der Waals surface area contributed by atoms with Crippen LogP contribution in [0.1, 0.15) is 49.7 Å². The molecule has 0 atom stereocenters. The van der Waals surface area contributed by atoms with E-state index in [2.05, 4.69) is 20.2 Å². The van der Waals surface area contributed by atoms with Gasteiger partial charge in [0.1, 0.15) is 10.5 Å². The third-order valence-corrected chi connectivity index (χ3v) is 5.80. The van der Waals surface area contributed by atoms with Crippen LogP contribution in [0, 0.1) is 0 Å². The number of aromatic amines is 1. The Labute approximate surface area is 140 Å². The molecule has 1 aliphatic carbocycles. The maximum Gasteiger partial charge on any atom is 0.277 e. The van der Waals surface area contributed by atoms with E-state index in [9.17, 15) is 4.79 Å². The van der Waals surface area contributed by atoms with Gasteiger partial charge < -0.3 is 9.40 Å². The van der Waals surface area contributed by atoms with Gasteiger partial charge in [0.15, 0.2) is 0 Å². The molecule has 1 N–H and O–H groups in total. The van der Waals surface area contributed by atoms with Crippen molar-refractivity contribution in [2.24, 2.45) is 0 Å². The van der Waals surface area contributed by atoms with E-state index in [1.54, 1.807) is 0 Å². The monoisotopic (exact) mass is 348 g/mol. The molecule has 23 heavy (non-hydrogen) atoms. The van der Waals surface area contributed by atoms with Crippen LogP contribution in [-0.2, 0) is 5.75 Å². The largest absolute Gasteiger partial charge is 0.416 e. The predicted molar refractivity (Wildman–Crippen MR) is 89.9 cm³/mol. The van der Waals surface area contributed by atoms with Crippen molar-refractivity contribution < 1.29 is 4.42 Å². The Kier molecular flexibility index (Phi) is 4.17. The summed E-state index contributed by atoms with van der Waals surface area (Å²) >= 11 is 2.81. The van der Waals surface area contributed by atoms with Crippen molar-refractivity contribution in [3.8, 4) is 0 Å². The third kappa shape index (κ3) is 3.18. The average Bonchev–Trinajstić information content (AvgIpc) is 3.23. The standard InChI is InChI=1S/C15H16N4O2S2/c20-13-12-10(6-7-22-12)16-11(17-13)8-23-15-19-18-14(21-15)9-4-2-1-3-5-9/h6-7,9H,1-5,8H2,(H,16,17,20). The number of hydrogen-bond acceptors (Lipinski definition) is 7. The van der Waals surface area contributed by atoms with Crippen molar-refractivity contribution in [3.05, 3.63) is 33.5 Å². The lowest BCUT2D eigenvalue weighted by Crippen LogP contribution is -2.09.